The first-order valence-corrected chi connectivity index (χ1v) is 13.2. The zero-order valence-corrected chi connectivity index (χ0v) is 21.0. The fourth-order valence-corrected chi connectivity index (χ4v) is 5.94. The number of nitrogens with zero attached hydrogens (tertiary/aromatic N) is 2. The Morgan fingerprint density at radius 3 is 2.54 bits per heavy atom. The fourth-order valence-electron chi connectivity index (χ4n) is 5.94. The summed E-state index contributed by atoms with van der Waals surface area (Å²) in [5.41, 5.74) is 5.07. The Hall–Kier alpha value is -3.83. The van der Waals surface area contributed by atoms with Gasteiger partial charge in [0, 0.05) is 24.3 Å². The molecule has 188 valence electrons. The quantitative estimate of drug-likeness (QED) is 0.322. The highest BCUT2D eigenvalue weighted by Gasteiger charge is 2.31. The van der Waals surface area contributed by atoms with E-state index >= 15 is 0 Å². The molecule has 0 aromatic heterocycles. The standard InChI is InChI=1S/C32H32N2O3/c35-22-30-28-6-2-1-5-23(28)9-14-31(30)34-18-15-25-21-26(36)10-13-29(25)32(34)24-7-11-27(12-8-24)37-20-19-33-16-3-4-17-33/h1-2,5-14,21-22,32,36H,3-4,15-20H2. The predicted octanol–water partition coefficient (Wildman–Crippen LogP) is 5.98. The molecule has 5 heteroatoms. The summed E-state index contributed by atoms with van der Waals surface area (Å²) in [6, 6.07) is 26.1. The van der Waals surface area contributed by atoms with Crippen LogP contribution in [0.1, 0.15) is 45.9 Å². The number of benzene rings is 4. The molecule has 0 aliphatic carbocycles. The summed E-state index contributed by atoms with van der Waals surface area (Å²) in [6.07, 6.45) is 4.35. The van der Waals surface area contributed by atoms with Crippen LogP contribution in [0.15, 0.2) is 78.9 Å². The first kappa shape index (κ1) is 23.6. The van der Waals surface area contributed by atoms with Gasteiger partial charge in [0.15, 0.2) is 6.29 Å². The third kappa shape index (κ3) is 4.67. The van der Waals surface area contributed by atoms with Gasteiger partial charge in [-0.05, 0) is 90.1 Å². The van der Waals surface area contributed by atoms with Gasteiger partial charge in [-0.1, -0.05) is 48.5 Å². The molecule has 1 saturated heterocycles. The van der Waals surface area contributed by atoms with Crippen LogP contribution < -0.4 is 9.64 Å². The van der Waals surface area contributed by atoms with Crippen LogP contribution in [0.3, 0.4) is 0 Å². The SMILES string of the molecule is O=Cc1c(N2CCc3cc(O)ccc3C2c2ccc(OCCN3CCCC3)cc2)ccc2ccccc12. The van der Waals surface area contributed by atoms with E-state index < -0.39 is 0 Å². The molecular formula is C32H32N2O3. The summed E-state index contributed by atoms with van der Waals surface area (Å²) >= 11 is 0. The van der Waals surface area contributed by atoms with E-state index in [4.69, 9.17) is 4.74 Å². The van der Waals surface area contributed by atoms with Crippen molar-refractivity contribution in [3.05, 3.63) is 101 Å². The van der Waals surface area contributed by atoms with E-state index in [0.29, 0.717) is 12.2 Å². The van der Waals surface area contributed by atoms with Crippen molar-refractivity contribution < 1.29 is 14.6 Å². The highest BCUT2D eigenvalue weighted by Crippen LogP contribution is 2.42. The Balaban J connectivity index is 1.34. The van der Waals surface area contributed by atoms with E-state index in [1.807, 2.05) is 48.5 Å². The summed E-state index contributed by atoms with van der Waals surface area (Å²) < 4.78 is 6.06. The van der Waals surface area contributed by atoms with Crippen molar-refractivity contribution in [2.24, 2.45) is 0 Å². The summed E-state index contributed by atoms with van der Waals surface area (Å²) in [7, 11) is 0. The zero-order chi connectivity index (χ0) is 25.2. The van der Waals surface area contributed by atoms with Crippen LogP contribution in [-0.2, 0) is 6.42 Å². The lowest BCUT2D eigenvalue weighted by Crippen LogP contribution is -2.36. The second kappa shape index (κ2) is 10.3. The Morgan fingerprint density at radius 2 is 1.73 bits per heavy atom. The molecule has 0 spiro atoms. The molecule has 2 aliphatic heterocycles. The van der Waals surface area contributed by atoms with Gasteiger partial charge < -0.3 is 14.7 Å². The number of likely N-dealkylation sites (tertiary alicyclic amines) is 1. The lowest BCUT2D eigenvalue weighted by molar-refractivity contribution is 0.112. The minimum atomic E-state index is -0.0807. The molecule has 2 heterocycles. The molecule has 2 aliphatic rings. The van der Waals surface area contributed by atoms with Crippen molar-refractivity contribution in [1.82, 2.24) is 4.90 Å². The number of phenols is 1. The van der Waals surface area contributed by atoms with E-state index in [-0.39, 0.29) is 11.8 Å². The van der Waals surface area contributed by atoms with Gasteiger partial charge in [-0.2, -0.15) is 0 Å². The van der Waals surface area contributed by atoms with Gasteiger partial charge in [-0.3, -0.25) is 9.69 Å². The van der Waals surface area contributed by atoms with Crippen molar-refractivity contribution in [2.75, 3.05) is 37.7 Å². The number of hydrogen-bond donors (Lipinski definition) is 1. The Kier molecular flexibility index (Phi) is 6.54. The molecule has 6 rings (SSSR count). The smallest absolute Gasteiger partial charge is 0.152 e. The Labute approximate surface area is 217 Å². The van der Waals surface area contributed by atoms with Crippen LogP contribution in [0.4, 0.5) is 5.69 Å². The first-order chi connectivity index (χ1) is 18.2. The second-order valence-corrected chi connectivity index (χ2v) is 10.0. The molecule has 1 unspecified atom stereocenters. The van der Waals surface area contributed by atoms with Crippen LogP contribution >= 0.6 is 0 Å². The maximum atomic E-state index is 12.4. The number of aromatic hydroxyl groups is 1. The molecule has 4 aromatic carbocycles. The third-order valence-electron chi connectivity index (χ3n) is 7.80. The number of anilines is 1. The van der Waals surface area contributed by atoms with Gasteiger partial charge in [0.25, 0.3) is 0 Å². The van der Waals surface area contributed by atoms with Gasteiger partial charge in [-0.15, -0.1) is 0 Å². The number of ether oxygens (including phenoxy) is 1. The molecule has 1 N–H and O–H groups in total. The highest BCUT2D eigenvalue weighted by molar-refractivity contribution is 6.03. The summed E-state index contributed by atoms with van der Waals surface area (Å²) in [4.78, 5) is 17.2. The van der Waals surface area contributed by atoms with E-state index in [9.17, 15) is 9.90 Å². The van der Waals surface area contributed by atoms with Gasteiger partial charge in [0.1, 0.15) is 18.1 Å². The van der Waals surface area contributed by atoms with Crippen molar-refractivity contribution in [3.63, 3.8) is 0 Å². The van der Waals surface area contributed by atoms with Gasteiger partial charge >= 0.3 is 0 Å². The fraction of sp³-hybridized carbons (Fsp3) is 0.281. The van der Waals surface area contributed by atoms with E-state index in [1.54, 1.807) is 6.07 Å². The lowest BCUT2D eigenvalue weighted by Gasteiger charge is -2.40. The molecule has 0 saturated carbocycles. The molecular weight excluding hydrogens is 460 g/mol. The largest absolute Gasteiger partial charge is 0.508 e. The molecule has 37 heavy (non-hydrogen) atoms. The predicted molar refractivity (Wildman–Crippen MR) is 148 cm³/mol. The summed E-state index contributed by atoms with van der Waals surface area (Å²) in [5.74, 6) is 1.16. The molecule has 4 aromatic rings. The first-order valence-electron chi connectivity index (χ1n) is 13.2. The maximum Gasteiger partial charge on any atom is 0.152 e. The van der Waals surface area contributed by atoms with Crippen LogP contribution in [0.2, 0.25) is 0 Å². The minimum Gasteiger partial charge on any atom is -0.508 e. The number of carbonyl (C=O) groups is 1. The average molecular weight is 493 g/mol. The number of phenolic OH excluding ortho intramolecular Hbond substituents is 1. The molecule has 0 radical (unpaired) electrons. The molecule has 1 fully saturated rings. The van der Waals surface area contributed by atoms with Crippen LogP contribution in [0.5, 0.6) is 11.5 Å². The second-order valence-electron chi connectivity index (χ2n) is 10.0. The zero-order valence-electron chi connectivity index (χ0n) is 21.0. The Morgan fingerprint density at radius 1 is 0.919 bits per heavy atom. The maximum absolute atomic E-state index is 12.4. The molecule has 0 amide bonds. The van der Waals surface area contributed by atoms with Gasteiger partial charge in [-0.25, -0.2) is 0 Å². The van der Waals surface area contributed by atoms with Crippen molar-refractivity contribution in [1.29, 1.82) is 0 Å². The molecule has 0 bridgehead atoms. The number of fused-ring (bicyclic) bond motifs is 2. The number of aldehydes is 1. The summed E-state index contributed by atoms with van der Waals surface area (Å²) in [6.45, 7) is 4.75. The lowest BCUT2D eigenvalue weighted by atomic mass is 9.87. The van der Waals surface area contributed by atoms with E-state index in [1.165, 1.54) is 25.9 Å². The topological polar surface area (TPSA) is 53.0 Å². The molecule has 1 atom stereocenters. The minimum absolute atomic E-state index is 0.0807. The average Bonchev–Trinajstić information content (AvgIpc) is 3.46. The normalized spacial score (nSPS) is 17.6. The number of carbonyl (C=O) groups excluding carboxylic acids is 1. The van der Waals surface area contributed by atoms with E-state index in [0.717, 1.165) is 64.7 Å². The van der Waals surface area contributed by atoms with Crippen LogP contribution in [-0.4, -0.2) is 49.1 Å². The Bertz CT molecular complexity index is 1410. The number of hydrogen-bond acceptors (Lipinski definition) is 5. The van der Waals surface area contributed by atoms with Crippen molar-refractivity contribution >= 4 is 22.7 Å². The van der Waals surface area contributed by atoms with Crippen LogP contribution in [0, 0.1) is 0 Å². The molecule has 5 nitrogen and oxygen atoms in total. The van der Waals surface area contributed by atoms with Crippen molar-refractivity contribution in [3.8, 4) is 11.5 Å². The van der Waals surface area contributed by atoms with E-state index in [2.05, 4.69) is 34.1 Å². The monoisotopic (exact) mass is 492 g/mol. The highest BCUT2D eigenvalue weighted by atomic mass is 16.5. The third-order valence-corrected chi connectivity index (χ3v) is 7.80. The van der Waals surface area contributed by atoms with Gasteiger partial charge in [0.2, 0.25) is 0 Å². The van der Waals surface area contributed by atoms with Crippen molar-refractivity contribution in [2.45, 2.75) is 25.3 Å². The number of rotatable bonds is 7. The van der Waals surface area contributed by atoms with Crippen LogP contribution in [0.25, 0.3) is 10.8 Å². The van der Waals surface area contributed by atoms with Gasteiger partial charge in [0.05, 0.1) is 6.04 Å². The summed E-state index contributed by atoms with van der Waals surface area (Å²) in [5, 5.41) is 12.2.